The highest BCUT2D eigenvalue weighted by atomic mass is 35.5. The summed E-state index contributed by atoms with van der Waals surface area (Å²) in [6, 6.07) is 7.63. The molecule has 1 rings (SSSR count). The van der Waals surface area contributed by atoms with Crippen LogP contribution in [-0.2, 0) is 0 Å². The largest absolute Gasteiger partial charge is 0.351 e. The van der Waals surface area contributed by atoms with E-state index in [9.17, 15) is 4.79 Å². The third-order valence-electron chi connectivity index (χ3n) is 2.40. The van der Waals surface area contributed by atoms with E-state index in [1.165, 1.54) is 0 Å². The smallest absolute Gasteiger partial charge is 0.251 e. The molecule has 1 aromatic rings. The summed E-state index contributed by atoms with van der Waals surface area (Å²) in [6.07, 6.45) is 1.12. The van der Waals surface area contributed by atoms with E-state index in [1.807, 2.05) is 31.2 Å². The Morgan fingerprint density at radius 3 is 2.53 bits per heavy atom. The number of halogens is 1. The van der Waals surface area contributed by atoms with Gasteiger partial charge in [0.05, 0.1) is 0 Å². The molecule has 0 aliphatic rings. The Morgan fingerprint density at radius 1 is 1.18 bits per heavy atom. The van der Waals surface area contributed by atoms with Crippen LogP contribution in [0, 0.1) is 6.92 Å². The lowest BCUT2D eigenvalue weighted by Gasteiger charge is -2.07. The monoisotopic (exact) mass is 256 g/mol. The molecule has 0 radical (unpaired) electrons. The van der Waals surface area contributed by atoms with Crippen molar-refractivity contribution >= 4 is 18.3 Å². The molecule has 0 aliphatic carbocycles. The Bertz CT molecular complexity index is 342. The molecule has 0 saturated carbocycles. The zero-order chi connectivity index (χ0) is 11.8. The van der Waals surface area contributed by atoms with Gasteiger partial charge in [0.1, 0.15) is 0 Å². The molecule has 0 atom stereocenters. The minimum atomic E-state index is 0. The second-order valence-corrected chi connectivity index (χ2v) is 3.82. The second kappa shape index (κ2) is 9.02. The van der Waals surface area contributed by atoms with E-state index in [2.05, 4.69) is 17.6 Å². The molecule has 2 N–H and O–H groups in total. The van der Waals surface area contributed by atoms with E-state index in [0.717, 1.165) is 30.6 Å². The Balaban J connectivity index is 0.00000256. The maximum absolute atomic E-state index is 11.8. The fourth-order valence-electron chi connectivity index (χ4n) is 1.49. The summed E-state index contributed by atoms with van der Waals surface area (Å²) in [5, 5.41) is 6.14. The molecular weight excluding hydrogens is 236 g/mol. The van der Waals surface area contributed by atoms with E-state index in [-0.39, 0.29) is 18.3 Å². The van der Waals surface area contributed by atoms with Crippen LogP contribution in [0.2, 0.25) is 0 Å². The molecule has 0 aromatic heterocycles. The molecule has 0 saturated heterocycles. The molecule has 1 aromatic carbocycles. The number of rotatable bonds is 6. The summed E-state index contributed by atoms with van der Waals surface area (Å²) >= 11 is 0. The number of hydrogen-bond donors (Lipinski definition) is 2. The van der Waals surface area contributed by atoms with E-state index < -0.39 is 0 Å². The standard InChI is InChI=1S/C13H20N2O.ClH/c1-3-8-14-9-10-15-13(16)12-7-5-4-6-11(12)2;/h4-7,14H,3,8-10H2,1-2H3,(H,15,16);1H. The average Bonchev–Trinajstić information content (AvgIpc) is 2.29. The van der Waals surface area contributed by atoms with Crippen LogP contribution in [0.4, 0.5) is 0 Å². The number of amides is 1. The van der Waals surface area contributed by atoms with Crippen molar-refractivity contribution < 1.29 is 4.79 Å². The van der Waals surface area contributed by atoms with Gasteiger partial charge in [0, 0.05) is 18.7 Å². The maximum Gasteiger partial charge on any atom is 0.251 e. The van der Waals surface area contributed by atoms with Gasteiger partial charge in [0.15, 0.2) is 0 Å². The molecule has 0 bridgehead atoms. The first-order valence-electron chi connectivity index (χ1n) is 5.80. The molecule has 17 heavy (non-hydrogen) atoms. The zero-order valence-corrected chi connectivity index (χ0v) is 11.3. The van der Waals surface area contributed by atoms with Crippen molar-refractivity contribution in [2.75, 3.05) is 19.6 Å². The minimum Gasteiger partial charge on any atom is -0.351 e. The molecule has 96 valence electrons. The van der Waals surface area contributed by atoms with Crippen LogP contribution in [0.1, 0.15) is 29.3 Å². The zero-order valence-electron chi connectivity index (χ0n) is 10.5. The second-order valence-electron chi connectivity index (χ2n) is 3.82. The number of nitrogens with one attached hydrogen (secondary N) is 2. The minimum absolute atomic E-state index is 0. The molecule has 0 unspecified atom stereocenters. The summed E-state index contributed by atoms with van der Waals surface area (Å²) in [5.74, 6) is 0.0106. The molecule has 0 heterocycles. The van der Waals surface area contributed by atoms with Crippen molar-refractivity contribution in [3.63, 3.8) is 0 Å². The van der Waals surface area contributed by atoms with Crippen LogP contribution in [0.15, 0.2) is 24.3 Å². The first kappa shape index (κ1) is 15.9. The highest BCUT2D eigenvalue weighted by Crippen LogP contribution is 2.05. The number of aryl methyl sites for hydroxylation is 1. The third kappa shape index (κ3) is 5.71. The van der Waals surface area contributed by atoms with Gasteiger partial charge in [-0.2, -0.15) is 0 Å². The topological polar surface area (TPSA) is 41.1 Å². The van der Waals surface area contributed by atoms with Gasteiger partial charge in [-0.1, -0.05) is 25.1 Å². The summed E-state index contributed by atoms with van der Waals surface area (Å²) < 4.78 is 0. The van der Waals surface area contributed by atoms with Gasteiger partial charge in [0.25, 0.3) is 5.91 Å². The van der Waals surface area contributed by atoms with Crippen LogP contribution < -0.4 is 10.6 Å². The number of carbonyl (C=O) groups excluding carboxylic acids is 1. The van der Waals surface area contributed by atoms with Gasteiger partial charge < -0.3 is 10.6 Å². The molecule has 0 fully saturated rings. The SMILES string of the molecule is CCCNCCNC(=O)c1ccccc1C.Cl. The predicted octanol–water partition coefficient (Wildman–Crippen LogP) is 2.15. The molecule has 0 spiro atoms. The van der Waals surface area contributed by atoms with Crippen LogP contribution in [0.25, 0.3) is 0 Å². The van der Waals surface area contributed by atoms with Gasteiger partial charge in [-0.15, -0.1) is 12.4 Å². The number of carbonyl (C=O) groups is 1. The maximum atomic E-state index is 11.8. The van der Waals surface area contributed by atoms with E-state index in [0.29, 0.717) is 6.54 Å². The Labute approximate surface area is 109 Å². The summed E-state index contributed by atoms with van der Waals surface area (Å²) in [7, 11) is 0. The molecule has 0 aliphatic heterocycles. The summed E-state index contributed by atoms with van der Waals surface area (Å²) in [5.41, 5.74) is 1.78. The van der Waals surface area contributed by atoms with Crippen LogP contribution in [-0.4, -0.2) is 25.5 Å². The third-order valence-corrected chi connectivity index (χ3v) is 2.40. The average molecular weight is 257 g/mol. The first-order valence-corrected chi connectivity index (χ1v) is 5.80. The van der Waals surface area contributed by atoms with Gasteiger partial charge in [-0.25, -0.2) is 0 Å². The van der Waals surface area contributed by atoms with E-state index in [4.69, 9.17) is 0 Å². The molecule has 1 amide bonds. The lowest BCUT2D eigenvalue weighted by atomic mass is 10.1. The Hall–Kier alpha value is -1.06. The molecule has 3 nitrogen and oxygen atoms in total. The first-order chi connectivity index (χ1) is 7.75. The van der Waals surface area contributed by atoms with Gasteiger partial charge in [0.2, 0.25) is 0 Å². The lowest BCUT2D eigenvalue weighted by molar-refractivity contribution is 0.0953. The highest BCUT2D eigenvalue weighted by Gasteiger charge is 2.06. The fourth-order valence-corrected chi connectivity index (χ4v) is 1.49. The van der Waals surface area contributed by atoms with Crippen LogP contribution >= 0.6 is 12.4 Å². The quantitative estimate of drug-likeness (QED) is 0.766. The summed E-state index contributed by atoms with van der Waals surface area (Å²) in [4.78, 5) is 11.8. The van der Waals surface area contributed by atoms with Crippen molar-refractivity contribution in [1.29, 1.82) is 0 Å². The normalized spacial score (nSPS) is 9.53. The van der Waals surface area contributed by atoms with Gasteiger partial charge in [-0.3, -0.25) is 4.79 Å². The molecule has 4 heteroatoms. The van der Waals surface area contributed by atoms with Gasteiger partial charge in [-0.05, 0) is 31.5 Å². The number of hydrogen-bond acceptors (Lipinski definition) is 2. The lowest BCUT2D eigenvalue weighted by Crippen LogP contribution is -2.32. The van der Waals surface area contributed by atoms with Gasteiger partial charge >= 0.3 is 0 Å². The van der Waals surface area contributed by atoms with E-state index in [1.54, 1.807) is 0 Å². The fraction of sp³-hybridized carbons (Fsp3) is 0.462. The van der Waals surface area contributed by atoms with Crippen molar-refractivity contribution in [3.05, 3.63) is 35.4 Å². The summed E-state index contributed by atoms with van der Waals surface area (Å²) in [6.45, 7) is 6.57. The predicted molar refractivity (Wildman–Crippen MR) is 73.9 cm³/mol. The van der Waals surface area contributed by atoms with E-state index >= 15 is 0 Å². The van der Waals surface area contributed by atoms with Crippen molar-refractivity contribution in [2.45, 2.75) is 20.3 Å². The van der Waals surface area contributed by atoms with Crippen LogP contribution in [0.3, 0.4) is 0 Å². The van der Waals surface area contributed by atoms with Crippen molar-refractivity contribution in [2.24, 2.45) is 0 Å². The van der Waals surface area contributed by atoms with Crippen LogP contribution in [0.5, 0.6) is 0 Å². The Kier molecular flexibility index (Phi) is 8.46. The molecular formula is C13H21ClN2O. The number of benzene rings is 1. The van der Waals surface area contributed by atoms with Crippen molar-refractivity contribution in [3.8, 4) is 0 Å². The Morgan fingerprint density at radius 2 is 1.88 bits per heavy atom. The highest BCUT2D eigenvalue weighted by molar-refractivity contribution is 5.95. The van der Waals surface area contributed by atoms with Crippen molar-refractivity contribution in [1.82, 2.24) is 10.6 Å².